The number of benzene rings is 6. The van der Waals surface area contributed by atoms with Crippen LogP contribution in [0.3, 0.4) is 0 Å². The summed E-state index contributed by atoms with van der Waals surface area (Å²) in [6.45, 7) is 0. The van der Waals surface area contributed by atoms with Crippen molar-refractivity contribution in [2.24, 2.45) is 0 Å². The van der Waals surface area contributed by atoms with Gasteiger partial charge in [0.15, 0.2) is 0 Å². The number of hydrogen-bond donors (Lipinski definition) is 0. The lowest BCUT2D eigenvalue weighted by Gasteiger charge is -2.15. The van der Waals surface area contributed by atoms with E-state index in [0.717, 1.165) is 50.0 Å². The molecule has 10 rings (SSSR count). The summed E-state index contributed by atoms with van der Waals surface area (Å²) in [5.74, 6) is 0. The van der Waals surface area contributed by atoms with E-state index in [1.807, 2.05) is 0 Å². The van der Waals surface area contributed by atoms with Gasteiger partial charge >= 0.3 is 0 Å². The summed E-state index contributed by atoms with van der Waals surface area (Å²) in [5.41, 5.74) is 11.2. The van der Waals surface area contributed by atoms with E-state index in [4.69, 9.17) is 4.42 Å². The van der Waals surface area contributed by atoms with Gasteiger partial charge in [0.2, 0.25) is 5.71 Å². The molecule has 0 aliphatic rings. The molecule has 10 aromatic rings. The van der Waals surface area contributed by atoms with Crippen molar-refractivity contribution in [1.82, 2.24) is 19.1 Å². The zero-order valence-corrected chi connectivity index (χ0v) is 24.1. The smallest absolute Gasteiger partial charge is 0.246 e. The molecule has 5 nitrogen and oxygen atoms in total. The van der Waals surface area contributed by atoms with Crippen molar-refractivity contribution in [3.8, 4) is 22.5 Å². The number of fused-ring (bicyclic) bond motifs is 9. The van der Waals surface area contributed by atoms with Gasteiger partial charge < -0.3 is 13.6 Å². The van der Waals surface area contributed by atoms with Gasteiger partial charge in [0.1, 0.15) is 11.1 Å². The van der Waals surface area contributed by atoms with Crippen molar-refractivity contribution in [3.05, 3.63) is 146 Å². The number of hydrogen-bond acceptors (Lipinski definition) is 3. The molecule has 4 heterocycles. The molecule has 6 aromatic carbocycles. The molecule has 4 aromatic heterocycles. The SMILES string of the molecule is c1ccc(-c2cc3c(cc2-n2c4ccccc4c4cc(-n5c6ccccc6c6ccccc65)ccc42)oc2nccnc23)cc1. The average molecular weight is 577 g/mol. The van der Waals surface area contributed by atoms with Gasteiger partial charge in [-0.2, -0.15) is 0 Å². The summed E-state index contributed by atoms with van der Waals surface area (Å²) in [4.78, 5) is 9.06. The summed E-state index contributed by atoms with van der Waals surface area (Å²) >= 11 is 0. The molecule has 0 unspecified atom stereocenters. The van der Waals surface area contributed by atoms with Gasteiger partial charge in [0.25, 0.3) is 0 Å². The predicted octanol–water partition coefficient (Wildman–Crippen LogP) is 10.2. The molecule has 0 saturated carbocycles. The number of rotatable bonds is 3. The lowest BCUT2D eigenvalue weighted by atomic mass is 10.0. The lowest BCUT2D eigenvalue weighted by molar-refractivity contribution is 0.652. The fraction of sp³-hybridized carbons (Fsp3) is 0. The highest BCUT2D eigenvalue weighted by Gasteiger charge is 2.20. The topological polar surface area (TPSA) is 48.8 Å². The van der Waals surface area contributed by atoms with Crippen LogP contribution in [0, 0.1) is 0 Å². The van der Waals surface area contributed by atoms with Crippen molar-refractivity contribution >= 4 is 65.8 Å². The van der Waals surface area contributed by atoms with Gasteiger partial charge in [0.05, 0.1) is 27.8 Å². The van der Waals surface area contributed by atoms with E-state index < -0.39 is 0 Å². The van der Waals surface area contributed by atoms with E-state index in [0.29, 0.717) is 5.71 Å². The molecular formula is C40H24N4O. The molecule has 0 saturated heterocycles. The summed E-state index contributed by atoms with van der Waals surface area (Å²) in [7, 11) is 0. The Morgan fingerprint density at radius 2 is 1.07 bits per heavy atom. The van der Waals surface area contributed by atoms with E-state index in [1.165, 1.54) is 32.6 Å². The van der Waals surface area contributed by atoms with Crippen LogP contribution in [-0.4, -0.2) is 19.1 Å². The Morgan fingerprint density at radius 3 is 1.80 bits per heavy atom. The fourth-order valence-electron chi connectivity index (χ4n) is 7.12. The predicted molar refractivity (Wildman–Crippen MR) is 183 cm³/mol. The first-order valence-electron chi connectivity index (χ1n) is 15.1. The van der Waals surface area contributed by atoms with Crippen molar-refractivity contribution in [2.45, 2.75) is 0 Å². The molecule has 0 radical (unpaired) electrons. The van der Waals surface area contributed by atoms with E-state index in [9.17, 15) is 0 Å². The van der Waals surface area contributed by atoms with E-state index in [1.54, 1.807) is 12.4 Å². The second kappa shape index (κ2) is 9.15. The first-order chi connectivity index (χ1) is 22.3. The minimum atomic E-state index is 0.543. The minimum Gasteiger partial charge on any atom is -0.436 e. The quantitative estimate of drug-likeness (QED) is 0.210. The Labute approximate surface area is 257 Å². The number of para-hydroxylation sites is 3. The fourth-order valence-corrected chi connectivity index (χ4v) is 7.12. The van der Waals surface area contributed by atoms with Gasteiger partial charge in [0, 0.05) is 56.6 Å². The van der Waals surface area contributed by atoms with Crippen LogP contribution < -0.4 is 0 Å². The van der Waals surface area contributed by atoms with Crippen molar-refractivity contribution in [3.63, 3.8) is 0 Å². The van der Waals surface area contributed by atoms with E-state index in [2.05, 4.69) is 153 Å². The van der Waals surface area contributed by atoms with Crippen molar-refractivity contribution in [2.75, 3.05) is 0 Å². The van der Waals surface area contributed by atoms with Crippen LogP contribution in [0.4, 0.5) is 0 Å². The maximum atomic E-state index is 6.27. The maximum Gasteiger partial charge on any atom is 0.246 e. The standard InChI is InChI=1S/C40H24N4O/c1-2-10-25(11-3-1)30-23-32-38(45-40-39(32)41-20-21-42-40)24-37(30)44-35-17-9-6-14-29(35)31-22-26(18-19-36(31)44)43-33-15-7-4-12-27(33)28-13-5-8-16-34(28)43/h1-24H. The molecule has 0 aliphatic heterocycles. The summed E-state index contributed by atoms with van der Waals surface area (Å²) in [6, 6.07) is 47.7. The van der Waals surface area contributed by atoms with Crippen molar-refractivity contribution < 1.29 is 4.42 Å². The minimum absolute atomic E-state index is 0.543. The van der Waals surface area contributed by atoms with Crippen molar-refractivity contribution in [1.29, 1.82) is 0 Å². The molecule has 0 amide bonds. The number of aromatic nitrogens is 4. The first kappa shape index (κ1) is 24.3. The van der Waals surface area contributed by atoms with Gasteiger partial charge in [-0.1, -0.05) is 84.9 Å². The Kier molecular flexibility index (Phi) is 4.93. The van der Waals surface area contributed by atoms with Crippen LogP contribution in [0.15, 0.2) is 150 Å². The summed E-state index contributed by atoms with van der Waals surface area (Å²) in [5, 5.41) is 5.85. The Bertz CT molecular complexity index is 2710. The normalized spacial score (nSPS) is 12.0. The average Bonchev–Trinajstić information content (AvgIpc) is 3.75. The monoisotopic (exact) mass is 576 g/mol. The van der Waals surface area contributed by atoms with E-state index in [-0.39, 0.29) is 0 Å². The van der Waals surface area contributed by atoms with Crippen LogP contribution in [-0.2, 0) is 0 Å². The molecule has 0 N–H and O–H groups in total. The second-order valence-corrected chi connectivity index (χ2v) is 11.5. The molecule has 5 heteroatoms. The van der Waals surface area contributed by atoms with Crippen LogP contribution in [0.2, 0.25) is 0 Å². The Balaban J connectivity index is 1.30. The zero-order valence-electron chi connectivity index (χ0n) is 24.1. The van der Waals surface area contributed by atoms with Gasteiger partial charge in [-0.3, -0.25) is 0 Å². The third-order valence-electron chi connectivity index (χ3n) is 9.04. The Morgan fingerprint density at radius 1 is 0.467 bits per heavy atom. The van der Waals surface area contributed by atoms with Gasteiger partial charge in [-0.15, -0.1) is 0 Å². The van der Waals surface area contributed by atoms with Crippen LogP contribution >= 0.6 is 0 Å². The van der Waals surface area contributed by atoms with Gasteiger partial charge in [-0.25, -0.2) is 9.97 Å². The van der Waals surface area contributed by atoms with Crippen LogP contribution in [0.1, 0.15) is 0 Å². The highest BCUT2D eigenvalue weighted by molar-refractivity contribution is 6.13. The van der Waals surface area contributed by atoms with Gasteiger partial charge in [-0.05, 0) is 48.0 Å². The highest BCUT2D eigenvalue weighted by Crippen LogP contribution is 2.41. The van der Waals surface area contributed by atoms with E-state index >= 15 is 0 Å². The molecule has 210 valence electrons. The van der Waals surface area contributed by atoms with Crippen LogP contribution in [0.25, 0.3) is 88.3 Å². The zero-order chi connectivity index (χ0) is 29.5. The third kappa shape index (κ3) is 3.43. The molecule has 0 bridgehead atoms. The van der Waals surface area contributed by atoms with Crippen LogP contribution in [0.5, 0.6) is 0 Å². The molecule has 0 aliphatic carbocycles. The number of nitrogens with zero attached hydrogens (tertiary/aromatic N) is 4. The maximum absolute atomic E-state index is 6.27. The lowest BCUT2D eigenvalue weighted by Crippen LogP contribution is -1.98. The molecule has 45 heavy (non-hydrogen) atoms. The number of furan rings is 1. The first-order valence-corrected chi connectivity index (χ1v) is 15.1. The molecular weight excluding hydrogens is 552 g/mol. The molecule has 0 atom stereocenters. The second-order valence-electron chi connectivity index (χ2n) is 11.5. The summed E-state index contributed by atoms with van der Waals surface area (Å²) < 4.78 is 11.0. The summed E-state index contributed by atoms with van der Waals surface area (Å²) in [6.07, 6.45) is 3.39. The highest BCUT2D eigenvalue weighted by atomic mass is 16.3. The molecule has 0 fully saturated rings. The molecule has 0 spiro atoms. The third-order valence-corrected chi connectivity index (χ3v) is 9.04. The largest absolute Gasteiger partial charge is 0.436 e. The Hall–Kier alpha value is -6.20.